The van der Waals surface area contributed by atoms with Crippen molar-refractivity contribution < 1.29 is 28.2 Å². The summed E-state index contributed by atoms with van der Waals surface area (Å²) in [6, 6.07) is 17.9. The van der Waals surface area contributed by atoms with Gasteiger partial charge in [0.25, 0.3) is 0 Å². The first kappa shape index (κ1) is 22.6. The lowest BCUT2D eigenvalue weighted by Gasteiger charge is -2.48. The highest BCUT2D eigenvalue weighted by Gasteiger charge is 2.48. The van der Waals surface area contributed by atoms with E-state index in [1.165, 1.54) is 43.3 Å². The number of rotatable bonds is 7. The van der Waals surface area contributed by atoms with Gasteiger partial charge in [0.15, 0.2) is 0 Å². The Morgan fingerprint density at radius 2 is 1.55 bits per heavy atom. The van der Waals surface area contributed by atoms with Gasteiger partial charge < -0.3 is 14.7 Å². The third-order valence-corrected chi connectivity index (χ3v) is 5.81. The fraction of sp³-hybridized carbons (Fsp3) is 0.231. The number of halogens is 2. The lowest BCUT2D eigenvalue weighted by atomic mass is 9.78. The van der Waals surface area contributed by atoms with Gasteiger partial charge in [-0.2, -0.15) is 0 Å². The number of hydrogen-bond acceptors (Lipinski definition) is 4. The Morgan fingerprint density at radius 3 is 2.12 bits per heavy atom. The van der Waals surface area contributed by atoms with E-state index in [1.807, 2.05) is 0 Å². The van der Waals surface area contributed by atoms with E-state index in [0.717, 1.165) is 5.56 Å². The van der Waals surface area contributed by atoms with Crippen molar-refractivity contribution >= 4 is 17.6 Å². The molecule has 1 aliphatic heterocycles. The molecule has 1 amide bonds. The Balaban J connectivity index is 1.55. The van der Waals surface area contributed by atoms with Crippen LogP contribution in [0.5, 0.6) is 5.75 Å². The minimum Gasteiger partial charge on any atom is -0.427 e. The molecule has 4 rings (SSSR count). The number of carbonyl (C=O) groups is 2. The maximum absolute atomic E-state index is 13.4. The van der Waals surface area contributed by atoms with E-state index in [0.29, 0.717) is 29.8 Å². The molecule has 0 aromatic heterocycles. The molecule has 33 heavy (non-hydrogen) atoms. The van der Waals surface area contributed by atoms with Gasteiger partial charge in [-0.25, -0.2) is 8.78 Å². The van der Waals surface area contributed by atoms with Crippen LogP contribution in [-0.4, -0.2) is 17.0 Å². The maximum Gasteiger partial charge on any atom is 0.308 e. The fourth-order valence-electron chi connectivity index (χ4n) is 4.19. The Morgan fingerprint density at radius 1 is 0.970 bits per heavy atom. The van der Waals surface area contributed by atoms with Crippen molar-refractivity contribution in [2.75, 3.05) is 4.90 Å². The second kappa shape index (κ2) is 9.50. The van der Waals surface area contributed by atoms with E-state index < -0.39 is 23.8 Å². The van der Waals surface area contributed by atoms with E-state index >= 15 is 0 Å². The molecule has 0 saturated carbocycles. The highest BCUT2D eigenvalue weighted by molar-refractivity contribution is 6.03. The van der Waals surface area contributed by atoms with Crippen LogP contribution in [0.4, 0.5) is 14.5 Å². The van der Waals surface area contributed by atoms with Gasteiger partial charge in [-0.15, -0.1) is 0 Å². The molecule has 0 radical (unpaired) electrons. The maximum atomic E-state index is 13.4. The Labute approximate surface area is 190 Å². The second-order valence-electron chi connectivity index (χ2n) is 8.04. The van der Waals surface area contributed by atoms with E-state index in [-0.39, 0.29) is 17.8 Å². The lowest BCUT2D eigenvalue weighted by molar-refractivity contribution is -0.132. The molecule has 3 aromatic carbocycles. The summed E-state index contributed by atoms with van der Waals surface area (Å²) in [6.45, 7) is 1.32. The zero-order valence-electron chi connectivity index (χ0n) is 17.9. The number of amides is 1. The molecular formula is C26H23F2NO4. The number of benzene rings is 3. The van der Waals surface area contributed by atoms with Crippen molar-refractivity contribution in [1.29, 1.82) is 0 Å². The van der Waals surface area contributed by atoms with Crippen LogP contribution in [0.15, 0.2) is 72.8 Å². The molecule has 7 heteroatoms. The average Bonchev–Trinajstić information content (AvgIpc) is 2.79. The molecule has 0 aliphatic carbocycles. The number of aliphatic hydroxyl groups excluding tert-OH is 1. The molecule has 5 nitrogen and oxygen atoms in total. The third-order valence-electron chi connectivity index (χ3n) is 5.81. The monoisotopic (exact) mass is 451 g/mol. The number of carbonyl (C=O) groups excluding carboxylic acids is 2. The summed E-state index contributed by atoms with van der Waals surface area (Å²) in [5, 5.41) is 10.5. The van der Waals surface area contributed by atoms with Gasteiger partial charge >= 0.3 is 5.97 Å². The predicted molar refractivity (Wildman–Crippen MR) is 118 cm³/mol. The first-order valence-electron chi connectivity index (χ1n) is 10.6. The highest BCUT2D eigenvalue weighted by atomic mass is 19.1. The van der Waals surface area contributed by atoms with Crippen molar-refractivity contribution in [3.8, 4) is 5.75 Å². The summed E-state index contributed by atoms with van der Waals surface area (Å²) < 4.78 is 31.7. The first-order chi connectivity index (χ1) is 15.8. The van der Waals surface area contributed by atoms with Gasteiger partial charge in [-0.05, 0) is 72.5 Å². The van der Waals surface area contributed by atoms with Crippen molar-refractivity contribution in [3.63, 3.8) is 0 Å². The van der Waals surface area contributed by atoms with Gasteiger partial charge in [-0.1, -0.05) is 24.3 Å². The zero-order valence-corrected chi connectivity index (χ0v) is 17.9. The second-order valence-corrected chi connectivity index (χ2v) is 8.04. The number of hydrogen-bond donors (Lipinski definition) is 1. The van der Waals surface area contributed by atoms with Gasteiger partial charge in [0, 0.05) is 12.6 Å². The van der Waals surface area contributed by atoms with E-state index in [9.17, 15) is 23.5 Å². The molecule has 170 valence electrons. The minimum atomic E-state index is -0.828. The molecule has 0 unspecified atom stereocenters. The number of β-lactam (4-membered cyclic amide) rings is 1. The van der Waals surface area contributed by atoms with Crippen LogP contribution in [-0.2, 0) is 9.59 Å². The van der Waals surface area contributed by atoms with Crippen molar-refractivity contribution in [2.24, 2.45) is 5.92 Å². The Bertz CT molecular complexity index is 1130. The molecule has 1 heterocycles. The average molecular weight is 451 g/mol. The lowest BCUT2D eigenvalue weighted by Crippen LogP contribution is -2.55. The summed E-state index contributed by atoms with van der Waals surface area (Å²) in [5.41, 5.74) is 1.99. The number of aliphatic hydroxyl groups is 1. The summed E-state index contributed by atoms with van der Waals surface area (Å²) in [4.78, 5) is 25.9. The minimum absolute atomic E-state index is 0.123. The van der Waals surface area contributed by atoms with E-state index in [2.05, 4.69) is 0 Å². The van der Waals surface area contributed by atoms with Crippen LogP contribution in [0.3, 0.4) is 0 Å². The van der Waals surface area contributed by atoms with Gasteiger partial charge in [0.05, 0.1) is 18.1 Å². The number of ether oxygens (including phenoxy) is 1. The van der Waals surface area contributed by atoms with Crippen molar-refractivity contribution in [1.82, 2.24) is 0 Å². The molecule has 0 spiro atoms. The SMILES string of the molecule is CC(=O)Oc1ccc([C@@H]2[C@@H](CC[C@H](O)c3ccc(F)cc3)C(=O)N2c2ccc(F)cc2)cc1. The Hall–Kier alpha value is -3.58. The highest BCUT2D eigenvalue weighted by Crippen LogP contribution is 2.46. The summed E-state index contributed by atoms with van der Waals surface area (Å²) in [7, 11) is 0. The van der Waals surface area contributed by atoms with Crippen molar-refractivity contribution in [2.45, 2.75) is 31.9 Å². The quantitative estimate of drug-likeness (QED) is 0.308. The summed E-state index contributed by atoms with van der Waals surface area (Å²) in [6.07, 6.45) is -0.0995. The number of anilines is 1. The van der Waals surface area contributed by atoms with Crippen LogP contribution in [0, 0.1) is 17.6 Å². The van der Waals surface area contributed by atoms with Crippen LogP contribution in [0.2, 0.25) is 0 Å². The largest absolute Gasteiger partial charge is 0.427 e. The van der Waals surface area contributed by atoms with E-state index in [1.54, 1.807) is 41.3 Å². The van der Waals surface area contributed by atoms with Gasteiger partial charge in [0.2, 0.25) is 5.91 Å². The smallest absolute Gasteiger partial charge is 0.308 e. The standard InChI is InChI=1S/C26H23F2NO4/c1-16(30)33-22-12-4-18(5-13-22)25-23(14-15-24(31)17-2-6-19(27)7-3-17)26(32)29(25)21-10-8-20(28)9-11-21/h2-13,23-25,31H,14-15H2,1H3/t23-,24+,25-/m1/s1. The third kappa shape index (κ3) is 4.93. The summed E-state index contributed by atoms with van der Waals surface area (Å²) >= 11 is 0. The Kier molecular flexibility index (Phi) is 6.51. The molecule has 3 atom stereocenters. The molecule has 1 saturated heterocycles. The van der Waals surface area contributed by atoms with Crippen molar-refractivity contribution in [3.05, 3.63) is 95.6 Å². The molecule has 0 bridgehead atoms. The van der Waals surface area contributed by atoms with Crippen LogP contribution in [0.25, 0.3) is 0 Å². The van der Waals surface area contributed by atoms with Crippen LogP contribution >= 0.6 is 0 Å². The molecule has 1 aliphatic rings. The van der Waals surface area contributed by atoms with E-state index in [4.69, 9.17) is 4.74 Å². The first-order valence-corrected chi connectivity index (χ1v) is 10.6. The normalized spacial score (nSPS) is 18.5. The zero-order chi connectivity index (χ0) is 23.5. The van der Waals surface area contributed by atoms with Crippen LogP contribution < -0.4 is 9.64 Å². The molecule has 1 fully saturated rings. The van der Waals surface area contributed by atoms with Gasteiger partial charge in [-0.3, -0.25) is 9.59 Å². The molecular weight excluding hydrogens is 428 g/mol. The number of nitrogens with zero attached hydrogens (tertiary/aromatic N) is 1. The topological polar surface area (TPSA) is 66.8 Å². The fourth-order valence-corrected chi connectivity index (χ4v) is 4.19. The summed E-state index contributed by atoms with van der Waals surface area (Å²) in [5.74, 6) is -1.33. The molecule has 3 aromatic rings. The predicted octanol–water partition coefficient (Wildman–Crippen LogP) is 5.11. The molecule has 1 N–H and O–H groups in total. The van der Waals surface area contributed by atoms with Crippen LogP contribution in [0.1, 0.15) is 43.0 Å². The van der Waals surface area contributed by atoms with Gasteiger partial charge in [0.1, 0.15) is 17.4 Å². The number of esters is 1.